The molecule has 0 saturated carbocycles. The van der Waals surface area contributed by atoms with Crippen molar-refractivity contribution < 1.29 is 29.4 Å². The zero-order valence-electron chi connectivity index (χ0n) is 3.39. The van der Waals surface area contributed by atoms with Gasteiger partial charge in [0.2, 0.25) is 0 Å². The molecule has 7 nitrogen and oxygen atoms in total. The zero-order chi connectivity index (χ0) is 7.21. The monoisotopic (exact) mass is 165 g/mol. The fourth-order valence-electron chi connectivity index (χ4n) is 0. The Morgan fingerprint density at radius 3 is 1.38 bits per heavy atom. The molecule has 0 amide bonds. The molecule has 0 aromatic rings. The molecule has 0 bridgehead atoms. The summed E-state index contributed by atoms with van der Waals surface area (Å²) in [6.07, 6.45) is 0. The van der Waals surface area contributed by atoms with E-state index in [-0.39, 0.29) is 0 Å². The van der Waals surface area contributed by atoms with Gasteiger partial charge < -0.3 is 0 Å². The van der Waals surface area contributed by atoms with Gasteiger partial charge in [-0.25, -0.2) is 0 Å². The van der Waals surface area contributed by atoms with Crippen molar-refractivity contribution in [1.82, 2.24) is 4.97 Å². The van der Waals surface area contributed by atoms with Crippen LogP contribution in [0, 0.1) is 4.91 Å². The molecule has 0 aromatic carbocycles. The minimum absolute atomic E-state index is 1.25. The first-order valence-corrected chi connectivity index (χ1v) is 3.05. The molecule has 8 heteroatoms. The van der Waals surface area contributed by atoms with Crippen LogP contribution in [-0.4, -0.2) is 8.38 Å². The quantitative estimate of drug-likeness (QED) is 0.256. The number of hydrogen-bond acceptors (Lipinski definition) is 3. The fraction of sp³-hybridized carbons (Fsp3) is 0. The van der Waals surface area contributed by atoms with E-state index in [0.717, 1.165) is 0 Å². The summed E-state index contributed by atoms with van der Waals surface area (Å²) in [5.74, 6) is 0. The normalized spacial score (nSPS) is 8.25. The van der Waals surface area contributed by atoms with E-state index in [1.165, 1.54) is 4.97 Å². The summed E-state index contributed by atoms with van der Waals surface area (Å²) in [6.45, 7) is 0. The summed E-state index contributed by atoms with van der Waals surface area (Å²) >= 11 is -5.12. The van der Waals surface area contributed by atoms with Gasteiger partial charge in [-0.05, 0) is 0 Å². The van der Waals surface area contributed by atoms with Crippen LogP contribution in [0.5, 0.6) is 0 Å². The second kappa shape index (κ2) is 4.51. The molecule has 0 aliphatic carbocycles. The van der Waals surface area contributed by atoms with Gasteiger partial charge >= 0.3 is 29.4 Å². The molecule has 0 atom stereocenters. The number of nitroso groups, excluding NO2 is 1. The predicted octanol–water partition coefficient (Wildman–Crippen LogP) is -1.51. The molecule has 0 spiro atoms. The molecule has 0 rings (SSSR count). The Morgan fingerprint density at radius 1 is 1.38 bits per heavy atom. The van der Waals surface area contributed by atoms with Crippen molar-refractivity contribution in [3.8, 4) is 0 Å². The van der Waals surface area contributed by atoms with Crippen molar-refractivity contribution in [3.05, 3.63) is 10.4 Å². The van der Waals surface area contributed by atoms with E-state index in [2.05, 4.69) is 0 Å². The van der Waals surface area contributed by atoms with Crippen molar-refractivity contribution in [2.45, 2.75) is 0 Å². The van der Waals surface area contributed by atoms with Gasteiger partial charge in [-0.3, -0.25) is 5.53 Å². The molecule has 2 N–H and O–H groups in total. The van der Waals surface area contributed by atoms with Gasteiger partial charge in [-0.2, -0.15) is 0 Å². The third-order valence-corrected chi connectivity index (χ3v) is 0. The number of nitrogens with zero attached hydrogens (tertiary/aromatic N) is 2. The Labute approximate surface area is 45.7 Å². The van der Waals surface area contributed by atoms with Crippen LogP contribution in [0.2, 0.25) is 0 Å². The zero-order valence-corrected chi connectivity index (χ0v) is 4.57. The van der Waals surface area contributed by atoms with Crippen LogP contribution >= 0.6 is 0 Å². The molecule has 0 fully saturated rings. The molecular weight excluding hydrogens is 163 g/mol. The second-order valence-electron chi connectivity index (χ2n) is 0.496. The van der Waals surface area contributed by atoms with Gasteiger partial charge in [-0.1, -0.05) is 0 Å². The fourth-order valence-corrected chi connectivity index (χ4v) is 0. The Balaban J connectivity index is 0. The van der Waals surface area contributed by atoms with Gasteiger partial charge in [-0.15, -0.1) is 0 Å². The van der Waals surface area contributed by atoms with Crippen molar-refractivity contribution in [3.63, 3.8) is 0 Å². The molecule has 0 saturated heterocycles. The Hall–Kier alpha value is -0.651. The van der Waals surface area contributed by atoms with Crippen LogP contribution in [-0.2, 0) is 21.0 Å². The van der Waals surface area contributed by atoms with Crippen molar-refractivity contribution in [2.24, 2.45) is 0 Å². The summed E-state index contributed by atoms with van der Waals surface area (Å²) in [7, 11) is 0. The van der Waals surface area contributed by atoms with E-state index in [1.807, 2.05) is 0 Å². The molecule has 0 heterocycles. The Bertz CT molecular complexity index is 151. The standard InChI is InChI=1S/Mn.N2O.2H2O.2O/c;1-2-3;;;;/h;;2*1H2;;/q+2;;;;;/p-2. The average molecular weight is 165 g/mol. The number of hydrogen-bond donors (Lipinski definition) is 2. The van der Waals surface area contributed by atoms with Gasteiger partial charge in [0.05, 0.1) is 0 Å². The predicted molar refractivity (Wildman–Crippen MR) is 14.7 cm³/mol. The van der Waals surface area contributed by atoms with E-state index in [9.17, 15) is 0 Å². The van der Waals surface area contributed by atoms with Crippen molar-refractivity contribution in [2.75, 3.05) is 0 Å². The molecule has 0 unspecified atom stereocenters. The first kappa shape index (κ1) is 10.4. The van der Waals surface area contributed by atoms with E-state index in [0.29, 0.717) is 0 Å². The second-order valence-corrected chi connectivity index (χ2v) is 1.79. The molecule has 49 valence electrons. The van der Waals surface area contributed by atoms with Crippen molar-refractivity contribution >= 4 is 0 Å². The van der Waals surface area contributed by atoms with E-state index in [1.54, 1.807) is 0 Å². The molecular formula is H2MnN2O5. The van der Waals surface area contributed by atoms with E-state index in [4.69, 9.17) is 26.5 Å². The van der Waals surface area contributed by atoms with Crippen LogP contribution in [0.25, 0.3) is 5.53 Å². The first-order chi connectivity index (χ1) is 3.41. The third-order valence-electron chi connectivity index (χ3n) is 0. The van der Waals surface area contributed by atoms with E-state index >= 15 is 0 Å². The molecule has 0 aliphatic heterocycles. The van der Waals surface area contributed by atoms with Gasteiger partial charge in [0, 0.05) is 0 Å². The molecule has 8 heavy (non-hydrogen) atoms. The minimum atomic E-state index is -5.12. The first-order valence-electron chi connectivity index (χ1n) is 1.03. The van der Waals surface area contributed by atoms with Gasteiger partial charge in [0.1, 0.15) is 4.97 Å². The van der Waals surface area contributed by atoms with Crippen LogP contribution in [0.1, 0.15) is 0 Å². The van der Waals surface area contributed by atoms with Crippen molar-refractivity contribution in [1.29, 1.82) is 0 Å². The Morgan fingerprint density at radius 2 is 1.38 bits per heavy atom. The van der Waals surface area contributed by atoms with Crippen LogP contribution in [0.15, 0.2) is 0 Å². The summed E-state index contributed by atoms with van der Waals surface area (Å²) in [5.41, 5.74) is 6.64. The third kappa shape index (κ3) is 239. The van der Waals surface area contributed by atoms with Crippen LogP contribution < -0.4 is 4.97 Å². The molecule has 0 aliphatic rings. The topological polar surface area (TPSA) is 128 Å². The van der Waals surface area contributed by atoms with Gasteiger partial charge in [0.15, 0.2) is 4.91 Å². The maximum atomic E-state index is 8.80. The Kier molecular flexibility index (Phi) is 5.83. The summed E-state index contributed by atoms with van der Waals surface area (Å²) < 4.78 is 31.8. The summed E-state index contributed by atoms with van der Waals surface area (Å²) in [6, 6.07) is 0. The average Bonchev–Trinajstić information content (AvgIpc) is 1.27. The van der Waals surface area contributed by atoms with Crippen LogP contribution in [0.4, 0.5) is 0 Å². The molecule has 0 aromatic heterocycles. The summed E-state index contributed by atoms with van der Waals surface area (Å²) in [5, 5.41) is 0. The maximum absolute atomic E-state index is 8.80. The number of rotatable bonds is 0. The van der Waals surface area contributed by atoms with E-state index < -0.39 is 13.4 Å². The molecule has 0 radical (unpaired) electrons. The van der Waals surface area contributed by atoms with Gasteiger partial charge in [0.25, 0.3) is 0 Å². The van der Waals surface area contributed by atoms with Crippen LogP contribution in [0.3, 0.4) is 0 Å². The SMILES string of the molecule is [N-]=[N+]=O.[O]=[Mn](=[O])([OH])[OH]. The summed E-state index contributed by atoms with van der Waals surface area (Å²) in [4.78, 5) is 9.36.